The number of likely N-dealkylation sites (N-methyl/N-ethyl adjacent to an activating group) is 2. The van der Waals surface area contributed by atoms with Gasteiger partial charge in [-0.3, -0.25) is 14.4 Å². The molecule has 7 heteroatoms. The SMILES string of the molecule is CN(C)C(N(CC(O)C[N+](C)(C)C)CC(O)C[N+](C)(C)C)=[N+](C)C. The van der Waals surface area contributed by atoms with E-state index in [1.807, 2.05) is 37.7 Å². The number of guanidine groups is 1. The molecule has 0 radical (unpaired) electrons. The molecule has 0 aliphatic rings. The number of quaternary nitrogens is 2. The van der Waals surface area contributed by atoms with Gasteiger partial charge in [-0.1, -0.05) is 0 Å². The normalized spacial score (nSPS) is 15.0. The van der Waals surface area contributed by atoms with Crippen molar-refractivity contribution in [2.75, 3.05) is 96.7 Å². The number of aliphatic hydroxyl groups is 2. The Balaban J connectivity index is 5.27. The first-order valence-electron chi connectivity index (χ1n) is 8.56. The van der Waals surface area contributed by atoms with Gasteiger partial charge in [-0.2, -0.15) is 0 Å². The summed E-state index contributed by atoms with van der Waals surface area (Å²) in [6, 6.07) is 0. The molecule has 0 aromatic rings. The zero-order valence-electron chi connectivity index (χ0n) is 17.6. The van der Waals surface area contributed by atoms with Gasteiger partial charge in [0.05, 0.1) is 83.6 Å². The van der Waals surface area contributed by atoms with Crippen LogP contribution in [-0.2, 0) is 0 Å². The minimum atomic E-state index is -0.462. The van der Waals surface area contributed by atoms with E-state index >= 15 is 0 Å². The molecule has 0 aliphatic heterocycles. The summed E-state index contributed by atoms with van der Waals surface area (Å²) >= 11 is 0. The Morgan fingerprint density at radius 3 is 1.38 bits per heavy atom. The molecule has 2 N–H and O–H groups in total. The zero-order valence-corrected chi connectivity index (χ0v) is 17.6. The first kappa shape index (κ1) is 23.1. The molecular formula is C17H42N5O2+3. The van der Waals surface area contributed by atoms with E-state index in [1.54, 1.807) is 0 Å². The van der Waals surface area contributed by atoms with Crippen LogP contribution in [0.4, 0.5) is 0 Å². The maximum absolute atomic E-state index is 10.5. The van der Waals surface area contributed by atoms with Crippen molar-refractivity contribution in [3.8, 4) is 0 Å². The number of rotatable bonds is 8. The maximum Gasteiger partial charge on any atom is 0.349 e. The van der Waals surface area contributed by atoms with Crippen LogP contribution in [-0.4, -0.2) is 148 Å². The van der Waals surface area contributed by atoms with Crippen LogP contribution in [0.2, 0.25) is 0 Å². The van der Waals surface area contributed by atoms with Crippen molar-refractivity contribution in [2.45, 2.75) is 12.2 Å². The number of nitrogens with zero attached hydrogens (tertiary/aromatic N) is 5. The fourth-order valence-electron chi connectivity index (χ4n) is 3.09. The third-order valence-corrected chi connectivity index (χ3v) is 3.46. The van der Waals surface area contributed by atoms with Crippen LogP contribution in [0.1, 0.15) is 0 Å². The Kier molecular flexibility index (Phi) is 8.65. The summed E-state index contributed by atoms with van der Waals surface area (Å²) in [7, 11) is 20.4. The molecule has 24 heavy (non-hydrogen) atoms. The molecule has 0 aromatic carbocycles. The third-order valence-electron chi connectivity index (χ3n) is 3.46. The molecule has 0 aromatic heterocycles. The number of hydrogen-bond donors (Lipinski definition) is 2. The molecule has 0 saturated carbocycles. The summed E-state index contributed by atoms with van der Waals surface area (Å²) in [4.78, 5) is 4.11. The average molecular weight is 349 g/mol. The first-order chi connectivity index (χ1) is 10.6. The molecule has 2 atom stereocenters. The highest BCUT2D eigenvalue weighted by atomic mass is 16.3. The van der Waals surface area contributed by atoms with Crippen molar-refractivity contribution < 1.29 is 23.8 Å². The number of aliphatic hydroxyl groups excluding tert-OH is 2. The van der Waals surface area contributed by atoms with E-state index in [1.165, 1.54) is 0 Å². The summed E-state index contributed by atoms with van der Waals surface area (Å²) in [6.45, 7) is 2.32. The van der Waals surface area contributed by atoms with E-state index < -0.39 is 12.2 Å². The largest absolute Gasteiger partial charge is 0.384 e. The molecule has 7 nitrogen and oxygen atoms in total. The van der Waals surface area contributed by atoms with Crippen molar-refractivity contribution in [1.29, 1.82) is 0 Å². The van der Waals surface area contributed by atoms with Crippen LogP contribution < -0.4 is 0 Å². The van der Waals surface area contributed by atoms with Crippen LogP contribution in [0.3, 0.4) is 0 Å². The average Bonchev–Trinajstić information content (AvgIpc) is 2.20. The summed E-state index contributed by atoms with van der Waals surface area (Å²) in [5.74, 6) is 0.982. The molecular weight excluding hydrogens is 306 g/mol. The molecule has 0 amide bonds. The molecule has 0 heterocycles. The molecule has 0 rings (SSSR count). The van der Waals surface area contributed by atoms with Crippen LogP contribution in [0.25, 0.3) is 0 Å². The molecule has 0 aliphatic carbocycles. The van der Waals surface area contributed by atoms with Gasteiger partial charge in [0.25, 0.3) is 0 Å². The molecule has 144 valence electrons. The van der Waals surface area contributed by atoms with E-state index in [0.717, 1.165) is 5.96 Å². The van der Waals surface area contributed by atoms with Crippen LogP contribution >= 0.6 is 0 Å². The van der Waals surface area contributed by atoms with E-state index in [2.05, 4.69) is 47.2 Å². The molecule has 0 fully saturated rings. The van der Waals surface area contributed by atoms with Gasteiger partial charge < -0.3 is 19.2 Å². The molecule has 0 spiro atoms. The van der Waals surface area contributed by atoms with Crippen molar-refractivity contribution >= 4 is 5.96 Å². The molecule has 0 saturated heterocycles. The van der Waals surface area contributed by atoms with E-state index in [0.29, 0.717) is 35.1 Å². The maximum atomic E-state index is 10.5. The molecule has 2 unspecified atom stereocenters. The van der Waals surface area contributed by atoms with Crippen molar-refractivity contribution in [2.24, 2.45) is 0 Å². The van der Waals surface area contributed by atoms with E-state index in [4.69, 9.17) is 0 Å². The van der Waals surface area contributed by atoms with Gasteiger partial charge in [0.15, 0.2) is 0 Å². The van der Waals surface area contributed by atoms with Gasteiger partial charge in [-0.15, -0.1) is 0 Å². The standard InChI is InChI=1S/C17H42N5O2/c1-18(2)17(19(3)4)20(11-15(23)13-21(5,6)7)12-16(24)14-22(8,9)10/h15-16,23-24H,11-14H2,1-10H3/q+3. The van der Waals surface area contributed by atoms with Gasteiger partial charge in [-0.25, -0.2) is 0 Å². The smallest absolute Gasteiger partial charge is 0.349 e. The second kappa shape index (κ2) is 8.99. The highest BCUT2D eigenvalue weighted by molar-refractivity contribution is 5.74. The Labute approximate surface area is 149 Å². The van der Waals surface area contributed by atoms with Crippen LogP contribution in [0.15, 0.2) is 0 Å². The topological polar surface area (TPSA) is 49.9 Å². The molecule has 0 bridgehead atoms. The summed E-state index contributed by atoms with van der Waals surface area (Å²) in [5, 5.41) is 21.0. The third kappa shape index (κ3) is 10.1. The van der Waals surface area contributed by atoms with Crippen LogP contribution in [0, 0.1) is 0 Å². The highest BCUT2D eigenvalue weighted by Crippen LogP contribution is 2.05. The Morgan fingerprint density at radius 2 is 1.17 bits per heavy atom. The highest BCUT2D eigenvalue weighted by Gasteiger charge is 2.31. The zero-order chi connectivity index (χ0) is 19.3. The number of hydrogen-bond acceptors (Lipinski definition) is 2. The van der Waals surface area contributed by atoms with Crippen LogP contribution in [0.5, 0.6) is 0 Å². The van der Waals surface area contributed by atoms with Gasteiger partial charge in [-0.05, 0) is 0 Å². The van der Waals surface area contributed by atoms with Crippen molar-refractivity contribution in [1.82, 2.24) is 9.80 Å². The van der Waals surface area contributed by atoms with Crippen molar-refractivity contribution in [3.05, 3.63) is 0 Å². The Hall–Kier alpha value is -0.890. The van der Waals surface area contributed by atoms with Gasteiger partial charge in [0.1, 0.15) is 25.3 Å². The van der Waals surface area contributed by atoms with E-state index in [-0.39, 0.29) is 0 Å². The second-order valence-electron chi connectivity index (χ2n) is 9.25. The summed E-state index contributed by atoms with van der Waals surface area (Å²) in [6.07, 6.45) is -0.924. The monoisotopic (exact) mass is 348 g/mol. The van der Waals surface area contributed by atoms with Gasteiger partial charge >= 0.3 is 5.96 Å². The quantitative estimate of drug-likeness (QED) is 0.246. The van der Waals surface area contributed by atoms with Crippen molar-refractivity contribution in [3.63, 3.8) is 0 Å². The Morgan fingerprint density at radius 1 is 0.833 bits per heavy atom. The fraction of sp³-hybridized carbons (Fsp3) is 0.941. The lowest BCUT2D eigenvalue weighted by atomic mass is 10.2. The minimum Gasteiger partial charge on any atom is -0.384 e. The van der Waals surface area contributed by atoms with E-state index in [9.17, 15) is 10.2 Å². The lowest BCUT2D eigenvalue weighted by Crippen LogP contribution is -2.55. The first-order valence-corrected chi connectivity index (χ1v) is 8.56. The van der Waals surface area contributed by atoms with Gasteiger partial charge in [0, 0.05) is 0 Å². The van der Waals surface area contributed by atoms with Gasteiger partial charge in [0.2, 0.25) is 0 Å². The summed E-state index contributed by atoms with van der Waals surface area (Å²) in [5.41, 5.74) is 0. The lowest BCUT2D eigenvalue weighted by Gasteiger charge is -2.33. The Bertz CT molecular complexity index is 382. The lowest BCUT2D eigenvalue weighted by molar-refractivity contribution is -0.873. The minimum absolute atomic E-state index is 0.462. The second-order valence-corrected chi connectivity index (χ2v) is 9.25. The predicted molar refractivity (Wildman–Crippen MR) is 100 cm³/mol. The summed E-state index contributed by atoms with van der Waals surface area (Å²) < 4.78 is 3.43. The predicted octanol–water partition coefficient (Wildman–Crippen LogP) is -1.39. The fourth-order valence-corrected chi connectivity index (χ4v) is 3.09.